The standard InChI is InChI=1S/C26H26N6O4/c1-3-5-7-8-10-14-12-16(28)32-24(14)30-20-18(26(32)36)21(33)19-17(22(20)34)25(35)31-15(27)11-13(9-6-4-2)23(31)29-19/h11-12,27-28H,3-10H2,1-2H3. The van der Waals surface area contributed by atoms with E-state index in [1.54, 1.807) is 0 Å². The van der Waals surface area contributed by atoms with Crippen molar-refractivity contribution >= 4 is 33.1 Å². The molecule has 5 aromatic rings. The van der Waals surface area contributed by atoms with Gasteiger partial charge in [0.1, 0.15) is 44.1 Å². The number of aromatic nitrogens is 4. The summed E-state index contributed by atoms with van der Waals surface area (Å²) in [6.45, 7) is 4.11. The molecule has 4 aromatic heterocycles. The zero-order valence-corrected chi connectivity index (χ0v) is 20.2. The largest absolute Gasteiger partial charge is 0.287 e. The first kappa shape index (κ1) is 23.7. The SMILES string of the molecule is CCCCCCc1cc(=N)n2c(=O)c3c(=O)c4nc5c(CCCC)cc(=N)n5c(=O)c4c(=O)c3nc12. The van der Waals surface area contributed by atoms with E-state index in [0.29, 0.717) is 24.0 Å². The van der Waals surface area contributed by atoms with Crippen LogP contribution in [0.15, 0.2) is 31.3 Å². The van der Waals surface area contributed by atoms with Gasteiger partial charge in [0, 0.05) is 0 Å². The average Bonchev–Trinajstić information content (AvgIpc) is 3.34. The van der Waals surface area contributed by atoms with Crippen LogP contribution in [-0.2, 0) is 12.8 Å². The monoisotopic (exact) mass is 486 g/mol. The number of unbranched alkanes of at least 4 members (excludes halogenated alkanes) is 4. The van der Waals surface area contributed by atoms with E-state index in [1.807, 2.05) is 6.92 Å². The lowest BCUT2D eigenvalue weighted by Crippen LogP contribution is -2.34. The van der Waals surface area contributed by atoms with E-state index in [1.165, 1.54) is 12.1 Å². The van der Waals surface area contributed by atoms with E-state index >= 15 is 0 Å². The highest BCUT2D eigenvalue weighted by Crippen LogP contribution is 2.15. The van der Waals surface area contributed by atoms with E-state index in [9.17, 15) is 19.2 Å². The van der Waals surface area contributed by atoms with Crippen molar-refractivity contribution in [3.05, 3.63) is 75.4 Å². The Kier molecular flexibility index (Phi) is 5.82. The molecule has 0 aliphatic rings. The highest BCUT2D eigenvalue weighted by Gasteiger charge is 2.24. The van der Waals surface area contributed by atoms with Gasteiger partial charge < -0.3 is 0 Å². The van der Waals surface area contributed by atoms with Gasteiger partial charge in [-0.1, -0.05) is 39.5 Å². The Bertz CT molecular complexity index is 2000. The molecule has 0 spiro atoms. The molecule has 4 heterocycles. The van der Waals surface area contributed by atoms with E-state index < -0.39 is 38.3 Å². The van der Waals surface area contributed by atoms with Gasteiger partial charge in [0.15, 0.2) is 0 Å². The Labute approximate surface area is 203 Å². The Balaban J connectivity index is 1.87. The summed E-state index contributed by atoms with van der Waals surface area (Å²) in [6.07, 6.45) is 6.76. The molecule has 0 fully saturated rings. The highest BCUT2D eigenvalue weighted by atomic mass is 16.2. The van der Waals surface area contributed by atoms with Gasteiger partial charge in [-0.2, -0.15) is 0 Å². The Morgan fingerprint density at radius 1 is 0.667 bits per heavy atom. The van der Waals surface area contributed by atoms with Crippen LogP contribution in [0.3, 0.4) is 0 Å². The third-order valence-electron chi connectivity index (χ3n) is 6.83. The normalized spacial score (nSPS) is 12.1. The zero-order valence-electron chi connectivity index (χ0n) is 20.2. The Morgan fingerprint density at radius 2 is 1.11 bits per heavy atom. The van der Waals surface area contributed by atoms with Crippen LogP contribution in [-0.4, -0.2) is 18.8 Å². The van der Waals surface area contributed by atoms with Gasteiger partial charge in [0.25, 0.3) is 11.1 Å². The summed E-state index contributed by atoms with van der Waals surface area (Å²) < 4.78 is 2.08. The molecular weight excluding hydrogens is 460 g/mol. The molecule has 0 bridgehead atoms. The number of rotatable bonds is 8. The second kappa shape index (κ2) is 8.85. The van der Waals surface area contributed by atoms with Gasteiger partial charge >= 0.3 is 0 Å². The first-order valence-corrected chi connectivity index (χ1v) is 12.3. The summed E-state index contributed by atoms with van der Waals surface area (Å²) >= 11 is 0. The van der Waals surface area contributed by atoms with Gasteiger partial charge in [-0.25, -0.2) is 18.8 Å². The third-order valence-corrected chi connectivity index (χ3v) is 6.83. The molecule has 5 rings (SSSR count). The van der Waals surface area contributed by atoms with Crippen LogP contribution in [0.4, 0.5) is 0 Å². The molecule has 0 atom stereocenters. The van der Waals surface area contributed by atoms with E-state index in [-0.39, 0.29) is 27.8 Å². The second-order valence-corrected chi connectivity index (χ2v) is 9.28. The molecule has 0 saturated heterocycles. The lowest BCUT2D eigenvalue weighted by atomic mass is 10.1. The number of hydrogen-bond acceptors (Lipinski definition) is 8. The maximum absolute atomic E-state index is 13.5. The number of fused-ring (bicyclic) bond motifs is 4. The van der Waals surface area contributed by atoms with Crippen LogP contribution in [0.2, 0.25) is 0 Å². The van der Waals surface area contributed by atoms with Gasteiger partial charge in [-0.15, -0.1) is 0 Å². The molecule has 0 aliphatic carbocycles. The minimum Gasteiger partial charge on any atom is -0.287 e. The Morgan fingerprint density at radius 3 is 1.56 bits per heavy atom. The van der Waals surface area contributed by atoms with Crippen molar-refractivity contribution in [1.82, 2.24) is 18.8 Å². The number of nitrogens with zero attached hydrogens (tertiary/aromatic N) is 4. The summed E-state index contributed by atoms with van der Waals surface area (Å²) in [5, 5.41) is 15.6. The number of benzene rings is 1. The van der Waals surface area contributed by atoms with Crippen LogP contribution in [0, 0.1) is 10.8 Å². The van der Waals surface area contributed by atoms with Gasteiger partial charge in [0.2, 0.25) is 10.9 Å². The molecule has 1 aromatic carbocycles. The van der Waals surface area contributed by atoms with Crippen LogP contribution >= 0.6 is 0 Å². The number of aryl methyl sites for hydroxylation is 2. The van der Waals surface area contributed by atoms with E-state index in [0.717, 1.165) is 47.3 Å². The first-order chi connectivity index (χ1) is 17.3. The minimum atomic E-state index is -0.856. The molecule has 2 N–H and O–H groups in total. The van der Waals surface area contributed by atoms with Crippen molar-refractivity contribution in [2.45, 2.75) is 65.2 Å². The van der Waals surface area contributed by atoms with Gasteiger partial charge in [-0.05, 0) is 48.9 Å². The fraction of sp³-hybridized carbons (Fsp3) is 0.385. The van der Waals surface area contributed by atoms with Crippen LogP contribution in [0.25, 0.3) is 33.1 Å². The predicted molar refractivity (Wildman–Crippen MR) is 136 cm³/mol. The second-order valence-electron chi connectivity index (χ2n) is 9.28. The molecule has 0 radical (unpaired) electrons. The maximum Gasteiger partial charge on any atom is 0.271 e. The fourth-order valence-corrected chi connectivity index (χ4v) is 4.96. The highest BCUT2D eigenvalue weighted by molar-refractivity contribution is 5.95. The molecule has 0 saturated carbocycles. The number of hydrogen-bond donors (Lipinski definition) is 2. The molecule has 10 nitrogen and oxygen atoms in total. The number of nitrogens with one attached hydrogen (secondary N) is 2. The van der Waals surface area contributed by atoms with E-state index in [4.69, 9.17) is 10.8 Å². The average molecular weight is 487 g/mol. The Hall–Kier alpha value is -4.08. The molecule has 0 amide bonds. The topological polar surface area (TPSA) is 151 Å². The van der Waals surface area contributed by atoms with Crippen molar-refractivity contribution in [3.8, 4) is 0 Å². The molecular formula is C26H26N6O4. The van der Waals surface area contributed by atoms with Crippen molar-refractivity contribution in [2.75, 3.05) is 0 Å². The molecule has 184 valence electrons. The summed E-state index contributed by atoms with van der Waals surface area (Å²) in [4.78, 5) is 62.4. The quantitative estimate of drug-likeness (QED) is 0.250. The predicted octanol–water partition coefficient (Wildman–Crippen LogP) is 1.47. The molecule has 0 unspecified atom stereocenters. The first-order valence-electron chi connectivity index (χ1n) is 12.3. The van der Waals surface area contributed by atoms with Crippen molar-refractivity contribution in [2.24, 2.45) is 0 Å². The van der Waals surface area contributed by atoms with E-state index in [2.05, 4.69) is 16.9 Å². The van der Waals surface area contributed by atoms with Gasteiger partial charge in [0.05, 0.1) is 0 Å². The van der Waals surface area contributed by atoms with Crippen LogP contribution in [0.1, 0.15) is 63.5 Å². The lowest BCUT2D eigenvalue weighted by Gasteiger charge is -2.04. The lowest BCUT2D eigenvalue weighted by molar-refractivity contribution is 0.668. The molecule has 36 heavy (non-hydrogen) atoms. The van der Waals surface area contributed by atoms with Crippen molar-refractivity contribution < 1.29 is 0 Å². The molecule has 10 heteroatoms. The maximum atomic E-state index is 13.5. The smallest absolute Gasteiger partial charge is 0.271 e. The van der Waals surface area contributed by atoms with Gasteiger partial charge in [-0.3, -0.25) is 30.0 Å². The summed E-state index contributed by atoms with van der Waals surface area (Å²) in [6, 6.07) is 3.06. The van der Waals surface area contributed by atoms with Crippen LogP contribution < -0.4 is 33.0 Å². The zero-order chi connectivity index (χ0) is 25.7. The third kappa shape index (κ3) is 3.39. The fourth-order valence-electron chi connectivity index (χ4n) is 4.96. The minimum absolute atomic E-state index is 0.109. The summed E-state index contributed by atoms with van der Waals surface area (Å²) in [5.74, 6) is 0. The van der Waals surface area contributed by atoms with Crippen molar-refractivity contribution in [1.29, 1.82) is 10.8 Å². The molecule has 0 aliphatic heterocycles. The van der Waals surface area contributed by atoms with Crippen LogP contribution in [0.5, 0.6) is 0 Å². The van der Waals surface area contributed by atoms with Crippen molar-refractivity contribution in [3.63, 3.8) is 0 Å². The summed E-state index contributed by atoms with van der Waals surface area (Å²) in [7, 11) is 0. The summed E-state index contributed by atoms with van der Waals surface area (Å²) in [5.41, 5.74) is -2.73.